The molecule has 0 spiro atoms. The number of rotatable bonds is 7. The molecule has 0 fully saturated rings. The lowest BCUT2D eigenvalue weighted by molar-refractivity contribution is 0.289. The van der Waals surface area contributed by atoms with E-state index in [1.54, 1.807) is 0 Å². The maximum Gasteiger partial charge on any atom is 0.0705 e. The second kappa shape index (κ2) is 10.5. The van der Waals surface area contributed by atoms with Gasteiger partial charge in [0.25, 0.3) is 0 Å². The van der Waals surface area contributed by atoms with Crippen molar-refractivity contribution < 1.29 is 0 Å². The molecule has 0 unspecified atom stereocenters. The number of para-hydroxylation sites is 3. The van der Waals surface area contributed by atoms with Gasteiger partial charge in [0.2, 0.25) is 0 Å². The molecular weight excluding hydrogens is 452 g/mol. The van der Waals surface area contributed by atoms with E-state index in [2.05, 4.69) is 103 Å². The van der Waals surface area contributed by atoms with Gasteiger partial charge in [-0.1, -0.05) is 79.2 Å². The molecule has 37 heavy (non-hydrogen) atoms. The van der Waals surface area contributed by atoms with Gasteiger partial charge >= 0.3 is 0 Å². The summed E-state index contributed by atoms with van der Waals surface area (Å²) in [6, 6.07) is 33.7. The molecule has 3 aromatic carbocycles. The van der Waals surface area contributed by atoms with Crippen LogP contribution < -0.4 is 0 Å². The Bertz CT molecular complexity index is 1550. The summed E-state index contributed by atoms with van der Waals surface area (Å²) in [6.45, 7) is 4.39. The highest BCUT2D eigenvalue weighted by atomic mass is 15.1. The van der Waals surface area contributed by atoms with Gasteiger partial charge in [0, 0.05) is 30.4 Å². The quantitative estimate of drug-likeness (QED) is 0.242. The predicted octanol–water partition coefficient (Wildman–Crippen LogP) is 7.45. The lowest BCUT2D eigenvalue weighted by Crippen LogP contribution is -2.29. The molecule has 3 heterocycles. The number of benzene rings is 3. The molecule has 182 valence electrons. The van der Waals surface area contributed by atoms with Gasteiger partial charge in [0.1, 0.15) is 0 Å². The molecule has 0 radical (unpaired) electrons. The summed E-state index contributed by atoms with van der Waals surface area (Å²) in [5, 5.41) is 2.32. The molecule has 0 N–H and O–H groups in total. The molecular formula is C33H30N4. The number of allylic oxidation sites excluding steroid dienone is 1. The normalized spacial score (nSPS) is 13.4. The van der Waals surface area contributed by atoms with E-state index in [1.807, 2.05) is 12.1 Å². The molecule has 1 aliphatic rings. The van der Waals surface area contributed by atoms with Gasteiger partial charge in [-0.2, -0.15) is 0 Å². The fourth-order valence-corrected chi connectivity index (χ4v) is 5.04. The van der Waals surface area contributed by atoms with Crippen molar-refractivity contribution in [3.05, 3.63) is 126 Å². The van der Waals surface area contributed by atoms with Gasteiger partial charge in [-0.25, -0.2) is 0 Å². The van der Waals surface area contributed by atoms with E-state index in [-0.39, 0.29) is 0 Å². The smallest absolute Gasteiger partial charge is 0.0705 e. The third kappa shape index (κ3) is 5.35. The first-order valence-corrected chi connectivity index (χ1v) is 13.0. The van der Waals surface area contributed by atoms with Crippen molar-refractivity contribution in [2.24, 2.45) is 4.99 Å². The van der Waals surface area contributed by atoms with Crippen LogP contribution in [0.4, 0.5) is 5.69 Å². The van der Waals surface area contributed by atoms with Crippen molar-refractivity contribution in [1.29, 1.82) is 0 Å². The molecule has 6 rings (SSSR count). The number of pyridine rings is 2. The molecule has 4 heteroatoms. The minimum absolute atomic E-state index is 0.718. The number of fused-ring (bicyclic) bond motifs is 3. The SMILES string of the molecule is CCC1=CC(CN(Cc2ccc3ccccc3n2)Cc2ccc3ccccc3n2)=Nc2ccccc2C1. The average molecular weight is 483 g/mol. The van der Waals surface area contributed by atoms with Crippen molar-refractivity contribution in [2.75, 3.05) is 6.54 Å². The van der Waals surface area contributed by atoms with E-state index < -0.39 is 0 Å². The van der Waals surface area contributed by atoms with Crippen LogP contribution in [-0.2, 0) is 19.5 Å². The maximum atomic E-state index is 5.12. The number of hydrogen-bond donors (Lipinski definition) is 0. The van der Waals surface area contributed by atoms with E-state index >= 15 is 0 Å². The second-order valence-electron chi connectivity index (χ2n) is 9.70. The Morgan fingerprint density at radius 3 is 1.89 bits per heavy atom. The monoisotopic (exact) mass is 482 g/mol. The summed E-state index contributed by atoms with van der Waals surface area (Å²) in [7, 11) is 0. The van der Waals surface area contributed by atoms with Crippen molar-refractivity contribution in [3.63, 3.8) is 0 Å². The Morgan fingerprint density at radius 1 is 0.649 bits per heavy atom. The van der Waals surface area contributed by atoms with Gasteiger partial charge in [-0.3, -0.25) is 19.9 Å². The summed E-state index contributed by atoms with van der Waals surface area (Å²) < 4.78 is 0. The molecule has 2 aromatic heterocycles. The van der Waals surface area contributed by atoms with Gasteiger partial charge in [0.15, 0.2) is 0 Å². The highest BCUT2D eigenvalue weighted by Crippen LogP contribution is 2.27. The van der Waals surface area contributed by atoms with Gasteiger partial charge in [-0.15, -0.1) is 0 Å². The molecule has 0 saturated heterocycles. The lowest BCUT2D eigenvalue weighted by Gasteiger charge is -2.22. The first kappa shape index (κ1) is 23.3. The summed E-state index contributed by atoms with van der Waals surface area (Å²) in [4.78, 5) is 17.5. The fourth-order valence-electron chi connectivity index (χ4n) is 5.04. The van der Waals surface area contributed by atoms with Gasteiger partial charge in [-0.05, 0) is 54.8 Å². The zero-order chi connectivity index (χ0) is 25.0. The predicted molar refractivity (Wildman–Crippen MR) is 153 cm³/mol. The summed E-state index contributed by atoms with van der Waals surface area (Å²) >= 11 is 0. The first-order chi connectivity index (χ1) is 18.2. The summed E-state index contributed by atoms with van der Waals surface area (Å²) in [5.41, 5.74) is 9.02. The van der Waals surface area contributed by atoms with Crippen molar-refractivity contribution >= 4 is 33.2 Å². The second-order valence-corrected chi connectivity index (χ2v) is 9.70. The topological polar surface area (TPSA) is 41.4 Å². The molecule has 1 aliphatic heterocycles. The van der Waals surface area contributed by atoms with E-state index in [0.29, 0.717) is 0 Å². The Labute approximate surface area is 218 Å². The van der Waals surface area contributed by atoms with Crippen LogP contribution in [0.25, 0.3) is 21.8 Å². The van der Waals surface area contributed by atoms with Crippen molar-refractivity contribution in [2.45, 2.75) is 32.9 Å². The number of aliphatic imine (C=N–C) groups is 1. The lowest BCUT2D eigenvalue weighted by atomic mass is 10.0. The van der Waals surface area contributed by atoms with Crippen LogP contribution in [0.15, 0.2) is 114 Å². The highest BCUT2D eigenvalue weighted by Gasteiger charge is 2.16. The van der Waals surface area contributed by atoms with E-state index in [1.165, 1.54) is 11.1 Å². The van der Waals surface area contributed by atoms with E-state index in [4.69, 9.17) is 15.0 Å². The zero-order valence-corrected chi connectivity index (χ0v) is 21.1. The minimum atomic E-state index is 0.718. The standard InChI is InChI=1S/C33H30N4/c1-2-24-19-27-11-5-8-14-33(27)36-30(20-24)23-37(21-28-17-15-25-9-3-6-12-31(25)34-28)22-29-18-16-26-10-4-7-13-32(26)35-29/h3-18,20H,2,19,21-23H2,1H3. The molecule has 0 saturated carbocycles. The third-order valence-corrected chi connectivity index (χ3v) is 6.97. The van der Waals surface area contributed by atoms with E-state index in [9.17, 15) is 0 Å². The van der Waals surface area contributed by atoms with Crippen LogP contribution in [-0.4, -0.2) is 27.1 Å². The Hall–Kier alpha value is -4.15. The van der Waals surface area contributed by atoms with Gasteiger partial charge in [0.05, 0.1) is 33.8 Å². The van der Waals surface area contributed by atoms with Crippen molar-refractivity contribution in [3.8, 4) is 0 Å². The molecule has 0 atom stereocenters. The zero-order valence-electron chi connectivity index (χ0n) is 21.1. The molecule has 0 bridgehead atoms. The number of nitrogens with zero attached hydrogens (tertiary/aromatic N) is 4. The summed E-state index contributed by atoms with van der Waals surface area (Å²) in [5.74, 6) is 0. The van der Waals surface area contributed by atoms with Crippen LogP contribution in [0.5, 0.6) is 0 Å². The van der Waals surface area contributed by atoms with Gasteiger partial charge < -0.3 is 0 Å². The van der Waals surface area contributed by atoms with Crippen LogP contribution in [0.2, 0.25) is 0 Å². The Kier molecular flexibility index (Phi) is 6.57. The molecule has 0 amide bonds. The largest absolute Gasteiger partial charge is 0.286 e. The van der Waals surface area contributed by atoms with E-state index in [0.717, 1.165) is 77.1 Å². The van der Waals surface area contributed by atoms with Crippen LogP contribution in [0.1, 0.15) is 30.3 Å². The molecule has 5 aromatic rings. The highest BCUT2D eigenvalue weighted by molar-refractivity contribution is 5.99. The number of hydrogen-bond acceptors (Lipinski definition) is 4. The van der Waals surface area contributed by atoms with Crippen LogP contribution in [0, 0.1) is 0 Å². The number of aromatic nitrogens is 2. The third-order valence-electron chi connectivity index (χ3n) is 6.97. The van der Waals surface area contributed by atoms with Crippen LogP contribution in [0.3, 0.4) is 0 Å². The molecule has 0 aliphatic carbocycles. The summed E-state index contributed by atoms with van der Waals surface area (Å²) in [6.07, 6.45) is 4.28. The molecule has 4 nitrogen and oxygen atoms in total. The Balaban J connectivity index is 1.35. The minimum Gasteiger partial charge on any atom is -0.286 e. The average Bonchev–Trinajstić information content (AvgIpc) is 3.11. The van der Waals surface area contributed by atoms with Crippen LogP contribution >= 0.6 is 0 Å². The fraction of sp³-hybridized carbons (Fsp3) is 0.182. The Morgan fingerprint density at radius 2 is 1.24 bits per heavy atom. The first-order valence-electron chi connectivity index (χ1n) is 13.0. The van der Waals surface area contributed by atoms with Crippen molar-refractivity contribution in [1.82, 2.24) is 14.9 Å². The maximum absolute atomic E-state index is 5.12.